The van der Waals surface area contributed by atoms with Crippen molar-refractivity contribution in [2.24, 2.45) is 0 Å². The first-order valence-electron chi connectivity index (χ1n) is 8.55. The van der Waals surface area contributed by atoms with Crippen molar-refractivity contribution in [1.29, 1.82) is 0 Å². The second-order valence-electron chi connectivity index (χ2n) is 6.48. The summed E-state index contributed by atoms with van der Waals surface area (Å²) in [7, 11) is -3.73. The minimum Gasteiger partial charge on any atom is -0.361 e. The smallest absolute Gasteiger partial charge is 0.259 e. The number of hydrogen-bond donors (Lipinski definition) is 0. The van der Waals surface area contributed by atoms with E-state index in [-0.39, 0.29) is 42.8 Å². The predicted molar refractivity (Wildman–Crippen MR) is 97.1 cm³/mol. The maximum absolute atomic E-state index is 12.9. The van der Waals surface area contributed by atoms with E-state index in [1.165, 1.54) is 23.4 Å². The van der Waals surface area contributed by atoms with Gasteiger partial charge >= 0.3 is 0 Å². The summed E-state index contributed by atoms with van der Waals surface area (Å²) >= 11 is 0. The average Bonchev–Trinajstić information content (AvgIpc) is 2.99. The van der Waals surface area contributed by atoms with E-state index in [2.05, 4.69) is 5.16 Å². The topological polar surface area (TPSA) is 101 Å². The van der Waals surface area contributed by atoms with Crippen molar-refractivity contribution in [2.75, 3.05) is 26.2 Å². The monoisotopic (exact) mass is 391 g/mol. The zero-order valence-electron chi connectivity index (χ0n) is 15.4. The normalized spacial score (nSPS) is 15.7. The Morgan fingerprint density at radius 2 is 1.78 bits per heavy atom. The van der Waals surface area contributed by atoms with Gasteiger partial charge in [-0.2, -0.15) is 4.31 Å². The number of piperazine rings is 1. The summed E-state index contributed by atoms with van der Waals surface area (Å²) in [5.41, 5.74) is 1.30. The van der Waals surface area contributed by atoms with Gasteiger partial charge in [0.2, 0.25) is 10.0 Å². The van der Waals surface area contributed by atoms with Crippen molar-refractivity contribution < 1.29 is 22.5 Å². The summed E-state index contributed by atoms with van der Waals surface area (Å²) < 4.78 is 32.1. The number of ketones is 1. The number of Topliss-reactive ketones (excluding diaryl/α,β-unsaturated/α-hetero) is 1. The Kier molecular flexibility index (Phi) is 5.16. The van der Waals surface area contributed by atoms with Crippen LogP contribution in [-0.4, -0.2) is 60.6 Å². The van der Waals surface area contributed by atoms with Gasteiger partial charge in [0.05, 0.1) is 10.6 Å². The molecule has 2 heterocycles. The van der Waals surface area contributed by atoms with Gasteiger partial charge in [0.15, 0.2) is 5.78 Å². The van der Waals surface area contributed by atoms with Crippen LogP contribution in [0.3, 0.4) is 0 Å². The predicted octanol–water partition coefficient (Wildman–Crippen LogP) is 1.64. The van der Waals surface area contributed by atoms with Gasteiger partial charge in [-0.25, -0.2) is 8.42 Å². The van der Waals surface area contributed by atoms with E-state index in [0.29, 0.717) is 22.6 Å². The maximum Gasteiger partial charge on any atom is 0.259 e. The minimum absolute atomic E-state index is 0.0840. The molecule has 0 spiro atoms. The van der Waals surface area contributed by atoms with Gasteiger partial charge in [0.1, 0.15) is 11.3 Å². The van der Waals surface area contributed by atoms with Crippen LogP contribution in [0.15, 0.2) is 33.7 Å². The number of sulfonamides is 1. The Bertz CT molecular complexity index is 969. The molecule has 1 aromatic carbocycles. The molecular weight excluding hydrogens is 370 g/mol. The summed E-state index contributed by atoms with van der Waals surface area (Å²) in [6.07, 6.45) is 0. The molecule has 0 atom stereocenters. The minimum atomic E-state index is -3.73. The third kappa shape index (κ3) is 3.65. The lowest BCUT2D eigenvalue weighted by Crippen LogP contribution is -2.50. The summed E-state index contributed by atoms with van der Waals surface area (Å²) in [6, 6.07) is 6.00. The third-order valence-electron chi connectivity index (χ3n) is 4.65. The SMILES string of the molecule is CC(=O)c1cccc(S(=O)(=O)N2CCN(C(=O)c3c(C)noc3C)CC2)c1. The van der Waals surface area contributed by atoms with Crippen molar-refractivity contribution in [1.82, 2.24) is 14.4 Å². The molecule has 27 heavy (non-hydrogen) atoms. The van der Waals surface area contributed by atoms with Gasteiger partial charge in [-0.1, -0.05) is 17.3 Å². The largest absolute Gasteiger partial charge is 0.361 e. The highest BCUT2D eigenvalue weighted by Gasteiger charge is 2.32. The molecule has 144 valence electrons. The van der Waals surface area contributed by atoms with E-state index in [0.717, 1.165) is 0 Å². The lowest BCUT2D eigenvalue weighted by Gasteiger charge is -2.34. The molecule has 1 amide bonds. The van der Waals surface area contributed by atoms with E-state index in [1.807, 2.05) is 0 Å². The van der Waals surface area contributed by atoms with Crippen LogP contribution < -0.4 is 0 Å². The Morgan fingerprint density at radius 1 is 1.11 bits per heavy atom. The van der Waals surface area contributed by atoms with E-state index in [9.17, 15) is 18.0 Å². The molecule has 0 unspecified atom stereocenters. The molecule has 0 bridgehead atoms. The number of benzene rings is 1. The van der Waals surface area contributed by atoms with Gasteiger partial charge in [0.25, 0.3) is 5.91 Å². The quantitative estimate of drug-likeness (QED) is 0.735. The van der Waals surface area contributed by atoms with Crippen LogP contribution in [0.1, 0.15) is 39.1 Å². The second-order valence-corrected chi connectivity index (χ2v) is 8.42. The number of amides is 1. The Morgan fingerprint density at radius 3 is 2.33 bits per heavy atom. The molecule has 0 aliphatic carbocycles. The Hall–Kier alpha value is -2.52. The maximum atomic E-state index is 12.9. The van der Waals surface area contributed by atoms with Gasteiger partial charge in [-0.3, -0.25) is 9.59 Å². The molecular formula is C18H21N3O5S. The number of nitrogens with zero attached hydrogens (tertiary/aromatic N) is 3. The number of aromatic nitrogens is 1. The molecule has 1 aliphatic heterocycles. The van der Waals surface area contributed by atoms with Crippen LogP contribution in [-0.2, 0) is 10.0 Å². The Labute approximate surface area is 157 Å². The van der Waals surface area contributed by atoms with Crippen molar-refractivity contribution in [3.63, 3.8) is 0 Å². The lowest BCUT2D eigenvalue weighted by molar-refractivity contribution is 0.0695. The second kappa shape index (κ2) is 7.24. The first-order valence-corrected chi connectivity index (χ1v) is 9.99. The van der Waals surface area contributed by atoms with Gasteiger partial charge in [-0.15, -0.1) is 0 Å². The van der Waals surface area contributed by atoms with Crippen molar-refractivity contribution in [3.8, 4) is 0 Å². The molecule has 1 aliphatic rings. The third-order valence-corrected chi connectivity index (χ3v) is 6.55. The summed E-state index contributed by atoms with van der Waals surface area (Å²) in [6.45, 7) is 5.68. The standard InChI is InChI=1S/C18H21N3O5S/c1-12-17(14(3)26-19-12)18(23)20-7-9-21(10-8-20)27(24,25)16-6-4-5-15(11-16)13(2)22/h4-6,11H,7-10H2,1-3H3. The molecule has 8 nitrogen and oxygen atoms in total. The van der Waals surface area contributed by atoms with E-state index in [4.69, 9.17) is 4.52 Å². The van der Waals surface area contributed by atoms with Crippen molar-refractivity contribution >= 4 is 21.7 Å². The molecule has 1 fully saturated rings. The molecule has 0 radical (unpaired) electrons. The number of carbonyl (C=O) groups is 2. The van der Waals surface area contributed by atoms with Gasteiger partial charge in [0, 0.05) is 31.7 Å². The summed E-state index contributed by atoms with van der Waals surface area (Å²) in [5.74, 6) is 0.0531. The zero-order chi connectivity index (χ0) is 19.8. The van der Waals surface area contributed by atoms with E-state index >= 15 is 0 Å². The summed E-state index contributed by atoms with van der Waals surface area (Å²) in [4.78, 5) is 25.9. The highest BCUT2D eigenvalue weighted by atomic mass is 32.2. The summed E-state index contributed by atoms with van der Waals surface area (Å²) in [5, 5.41) is 3.79. The molecule has 3 rings (SSSR count). The van der Waals surface area contributed by atoms with Crippen molar-refractivity contribution in [3.05, 3.63) is 46.8 Å². The molecule has 0 saturated carbocycles. The fourth-order valence-corrected chi connectivity index (χ4v) is 4.57. The van der Waals surface area contributed by atoms with Crippen LogP contribution in [0, 0.1) is 13.8 Å². The average molecular weight is 391 g/mol. The van der Waals surface area contributed by atoms with Crippen LogP contribution in [0.4, 0.5) is 0 Å². The Balaban J connectivity index is 1.74. The van der Waals surface area contributed by atoms with E-state index < -0.39 is 10.0 Å². The fourth-order valence-electron chi connectivity index (χ4n) is 3.10. The lowest BCUT2D eigenvalue weighted by atomic mass is 10.1. The number of hydrogen-bond acceptors (Lipinski definition) is 6. The first kappa shape index (κ1) is 19.2. The van der Waals surface area contributed by atoms with E-state index in [1.54, 1.807) is 30.9 Å². The van der Waals surface area contributed by atoms with Crippen molar-refractivity contribution in [2.45, 2.75) is 25.7 Å². The van der Waals surface area contributed by atoms with Crippen LogP contribution in [0.5, 0.6) is 0 Å². The highest BCUT2D eigenvalue weighted by molar-refractivity contribution is 7.89. The number of rotatable bonds is 4. The molecule has 9 heteroatoms. The first-order chi connectivity index (χ1) is 12.7. The molecule has 1 aromatic heterocycles. The van der Waals surface area contributed by atoms with Gasteiger partial charge in [-0.05, 0) is 32.9 Å². The highest BCUT2D eigenvalue weighted by Crippen LogP contribution is 2.21. The fraction of sp³-hybridized carbons (Fsp3) is 0.389. The number of aryl methyl sites for hydroxylation is 2. The van der Waals surface area contributed by atoms with Crippen LogP contribution >= 0.6 is 0 Å². The molecule has 1 saturated heterocycles. The van der Waals surface area contributed by atoms with Gasteiger partial charge < -0.3 is 9.42 Å². The van der Waals surface area contributed by atoms with Crippen LogP contribution in [0.25, 0.3) is 0 Å². The molecule has 0 N–H and O–H groups in total. The number of carbonyl (C=O) groups excluding carboxylic acids is 2. The molecule has 2 aromatic rings. The van der Waals surface area contributed by atoms with Crippen LogP contribution in [0.2, 0.25) is 0 Å². The zero-order valence-corrected chi connectivity index (χ0v) is 16.2.